The molecule has 18 heavy (non-hydrogen) atoms. The van der Waals surface area contributed by atoms with Crippen LogP contribution in [0, 0.1) is 0 Å². The zero-order valence-corrected chi connectivity index (χ0v) is 10.7. The maximum atomic E-state index is 11.4. The first kappa shape index (κ1) is 14.0. The highest BCUT2D eigenvalue weighted by molar-refractivity contribution is 5.91. The summed E-state index contributed by atoms with van der Waals surface area (Å²) in [6.07, 6.45) is 0.831. The Bertz CT molecular complexity index is 362. The van der Waals surface area contributed by atoms with E-state index in [1.165, 1.54) is 0 Å². The van der Waals surface area contributed by atoms with Crippen molar-refractivity contribution in [3.05, 3.63) is 24.3 Å². The molecular weight excluding hydrogens is 232 g/mol. The number of amides is 2. The molecule has 5 heteroatoms. The second-order valence-corrected chi connectivity index (χ2v) is 3.72. The predicted octanol–water partition coefficient (Wildman–Crippen LogP) is 2.99. The lowest BCUT2D eigenvalue weighted by Crippen LogP contribution is -2.13. The molecular formula is C13H18N2O3. The molecule has 1 rings (SSSR count). The van der Waals surface area contributed by atoms with E-state index in [0.717, 1.165) is 6.42 Å². The Hall–Kier alpha value is -2.04. The molecule has 98 valence electrons. The van der Waals surface area contributed by atoms with Gasteiger partial charge in [-0.05, 0) is 37.6 Å². The first-order chi connectivity index (χ1) is 8.65. The normalized spacial score (nSPS) is 9.67. The third-order valence-electron chi connectivity index (χ3n) is 2.17. The standard InChI is InChI=1S/C13H18N2O3/c1-3-5-12(16)14-10-6-8-11(9-7-10)15-13(17)18-4-2/h6-9H,3-5H2,1-2H3,(H,14,16)(H,15,17). The van der Waals surface area contributed by atoms with Gasteiger partial charge >= 0.3 is 6.09 Å². The van der Waals surface area contributed by atoms with Crippen molar-refractivity contribution in [3.63, 3.8) is 0 Å². The lowest BCUT2D eigenvalue weighted by Gasteiger charge is -2.07. The van der Waals surface area contributed by atoms with E-state index in [1.807, 2.05) is 6.92 Å². The first-order valence-electron chi connectivity index (χ1n) is 5.99. The maximum absolute atomic E-state index is 11.4. The minimum absolute atomic E-state index is 0.0106. The van der Waals surface area contributed by atoms with E-state index in [0.29, 0.717) is 24.4 Å². The predicted molar refractivity (Wildman–Crippen MR) is 70.6 cm³/mol. The smallest absolute Gasteiger partial charge is 0.411 e. The van der Waals surface area contributed by atoms with Gasteiger partial charge in [-0.2, -0.15) is 0 Å². The van der Waals surface area contributed by atoms with Crippen LogP contribution in [0.15, 0.2) is 24.3 Å². The van der Waals surface area contributed by atoms with E-state index in [9.17, 15) is 9.59 Å². The summed E-state index contributed by atoms with van der Waals surface area (Å²) in [5.41, 5.74) is 1.34. The molecule has 0 saturated heterocycles. The molecule has 0 aliphatic carbocycles. The third kappa shape index (κ3) is 4.86. The summed E-state index contributed by atoms with van der Waals surface area (Å²) in [4.78, 5) is 22.5. The molecule has 0 aliphatic rings. The number of hydrogen-bond acceptors (Lipinski definition) is 3. The van der Waals surface area contributed by atoms with E-state index >= 15 is 0 Å². The largest absolute Gasteiger partial charge is 0.450 e. The number of carbonyl (C=O) groups is 2. The van der Waals surface area contributed by atoms with Crippen LogP contribution in [-0.4, -0.2) is 18.6 Å². The minimum atomic E-state index is -0.486. The number of ether oxygens (including phenoxy) is 1. The topological polar surface area (TPSA) is 67.4 Å². The molecule has 0 saturated carbocycles. The molecule has 5 nitrogen and oxygen atoms in total. The molecule has 0 spiro atoms. The van der Waals surface area contributed by atoms with Crippen molar-refractivity contribution in [1.82, 2.24) is 0 Å². The summed E-state index contributed by atoms with van der Waals surface area (Å²) in [5.74, 6) is -0.0106. The molecule has 0 fully saturated rings. The SMILES string of the molecule is CCCC(=O)Nc1ccc(NC(=O)OCC)cc1. The molecule has 0 aliphatic heterocycles. The van der Waals surface area contributed by atoms with Crippen LogP contribution in [0.25, 0.3) is 0 Å². The van der Waals surface area contributed by atoms with Gasteiger partial charge in [-0.1, -0.05) is 6.92 Å². The molecule has 2 N–H and O–H groups in total. The Labute approximate surface area is 107 Å². The van der Waals surface area contributed by atoms with Gasteiger partial charge < -0.3 is 10.1 Å². The zero-order chi connectivity index (χ0) is 13.4. The average Bonchev–Trinajstić information content (AvgIpc) is 2.32. The van der Waals surface area contributed by atoms with Gasteiger partial charge in [0.15, 0.2) is 0 Å². The fourth-order valence-electron chi connectivity index (χ4n) is 1.37. The average molecular weight is 250 g/mol. The van der Waals surface area contributed by atoms with Crippen LogP contribution >= 0.6 is 0 Å². The summed E-state index contributed by atoms with van der Waals surface area (Å²) >= 11 is 0. The number of anilines is 2. The second kappa shape index (κ2) is 7.32. The van der Waals surface area contributed by atoms with Crippen LogP contribution in [-0.2, 0) is 9.53 Å². The molecule has 1 aromatic rings. The Morgan fingerprint density at radius 2 is 1.61 bits per heavy atom. The molecule has 0 bridgehead atoms. The number of carbonyl (C=O) groups excluding carboxylic acids is 2. The highest BCUT2D eigenvalue weighted by Crippen LogP contribution is 2.14. The van der Waals surface area contributed by atoms with Crippen molar-refractivity contribution in [2.45, 2.75) is 26.7 Å². The van der Waals surface area contributed by atoms with Gasteiger partial charge in [0.25, 0.3) is 0 Å². The van der Waals surface area contributed by atoms with Crippen molar-refractivity contribution in [2.75, 3.05) is 17.2 Å². The van der Waals surface area contributed by atoms with Gasteiger partial charge in [0.2, 0.25) is 5.91 Å². The number of benzene rings is 1. The Morgan fingerprint density at radius 3 is 2.11 bits per heavy atom. The van der Waals surface area contributed by atoms with E-state index in [4.69, 9.17) is 4.74 Å². The monoisotopic (exact) mass is 250 g/mol. The van der Waals surface area contributed by atoms with Gasteiger partial charge in [0, 0.05) is 17.8 Å². The quantitative estimate of drug-likeness (QED) is 0.844. The number of hydrogen-bond donors (Lipinski definition) is 2. The van der Waals surface area contributed by atoms with Crippen molar-refractivity contribution < 1.29 is 14.3 Å². The van der Waals surface area contributed by atoms with E-state index < -0.39 is 6.09 Å². The van der Waals surface area contributed by atoms with Crippen molar-refractivity contribution in [2.24, 2.45) is 0 Å². The van der Waals surface area contributed by atoms with Crippen LogP contribution in [0.3, 0.4) is 0 Å². The molecule has 0 unspecified atom stereocenters. The molecule has 2 amide bonds. The summed E-state index contributed by atoms with van der Waals surface area (Å²) in [5, 5.41) is 5.34. The fraction of sp³-hybridized carbons (Fsp3) is 0.385. The van der Waals surface area contributed by atoms with Crippen LogP contribution in [0.4, 0.5) is 16.2 Å². The van der Waals surface area contributed by atoms with Gasteiger partial charge in [-0.3, -0.25) is 10.1 Å². The Balaban J connectivity index is 2.52. The van der Waals surface area contributed by atoms with E-state index in [-0.39, 0.29) is 5.91 Å². The molecule has 0 heterocycles. The highest BCUT2D eigenvalue weighted by Gasteiger charge is 2.03. The molecule has 0 atom stereocenters. The van der Waals surface area contributed by atoms with Crippen LogP contribution < -0.4 is 10.6 Å². The number of nitrogens with one attached hydrogen (secondary N) is 2. The number of rotatable bonds is 5. The molecule has 0 radical (unpaired) electrons. The summed E-state index contributed by atoms with van der Waals surface area (Å²) in [7, 11) is 0. The van der Waals surface area contributed by atoms with Gasteiger partial charge in [0.1, 0.15) is 0 Å². The summed E-state index contributed by atoms with van der Waals surface area (Å²) in [6.45, 7) is 4.02. The van der Waals surface area contributed by atoms with Crippen molar-refractivity contribution >= 4 is 23.4 Å². The maximum Gasteiger partial charge on any atom is 0.411 e. The van der Waals surface area contributed by atoms with Crippen molar-refractivity contribution in [3.8, 4) is 0 Å². The van der Waals surface area contributed by atoms with Gasteiger partial charge in [0.05, 0.1) is 6.61 Å². The molecule has 0 aromatic heterocycles. The lowest BCUT2D eigenvalue weighted by atomic mass is 10.2. The minimum Gasteiger partial charge on any atom is -0.450 e. The van der Waals surface area contributed by atoms with Crippen LogP contribution in [0.5, 0.6) is 0 Å². The van der Waals surface area contributed by atoms with Crippen LogP contribution in [0.2, 0.25) is 0 Å². The van der Waals surface area contributed by atoms with Gasteiger partial charge in [-0.25, -0.2) is 4.79 Å². The van der Waals surface area contributed by atoms with E-state index in [1.54, 1.807) is 31.2 Å². The van der Waals surface area contributed by atoms with Gasteiger partial charge in [-0.15, -0.1) is 0 Å². The third-order valence-corrected chi connectivity index (χ3v) is 2.17. The summed E-state index contributed by atoms with van der Waals surface area (Å²) in [6, 6.07) is 6.88. The Kier molecular flexibility index (Phi) is 5.70. The fourth-order valence-corrected chi connectivity index (χ4v) is 1.37. The zero-order valence-electron chi connectivity index (χ0n) is 10.7. The highest BCUT2D eigenvalue weighted by atomic mass is 16.5. The lowest BCUT2D eigenvalue weighted by molar-refractivity contribution is -0.116. The van der Waals surface area contributed by atoms with Crippen molar-refractivity contribution in [1.29, 1.82) is 0 Å². The summed E-state index contributed by atoms with van der Waals surface area (Å²) < 4.78 is 4.75. The van der Waals surface area contributed by atoms with E-state index in [2.05, 4.69) is 10.6 Å². The Morgan fingerprint density at radius 1 is 1.06 bits per heavy atom. The second-order valence-electron chi connectivity index (χ2n) is 3.72. The van der Waals surface area contributed by atoms with Crippen LogP contribution in [0.1, 0.15) is 26.7 Å². The first-order valence-corrected chi connectivity index (χ1v) is 5.99. The molecule has 1 aromatic carbocycles.